The van der Waals surface area contributed by atoms with Gasteiger partial charge in [-0.25, -0.2) is 0 Å². The topological polar surface area (TPSA) is 31.2 Å². The molecule has 3 nitrogen and oxygen atoms in total. The van der Waals surface area contributed by atoms with Crippen LogP contribution in [0.25, 0.3) is 0 Å². The summed E-state index contributed by atoms with van der Waals surface area (Å²) in [7, 11) is 0. The lowest BCUT2D eigenvalue weighted by Crippen LogP contribution is -2.30. The van der Waals surface area contributed by atoms with Crippen molar-refractivity contribution in [3.8, 4) is 0 Å². The number of hydrogen-bond donors (Lipinski definition) is 0. The van der Waals surface area contributed by atoms with Crippen molar-refractivity contribution in [2.75, 3.05) is 0 Å². The van der Waals surface area contributed by atoms with E-state index >= 15 is 0 Å². The first-order valence-corrected chi connectivity index (χ1v) is 7.02. The Labute approximate surface area is 108 Å². The van der Waals surface area contributed by atoms with Gasteiger partial charge < -0.3 is 9.30 Å². The van der Waals surface area contributed by atoms with Crippen LogP contribution in [0, 0.1) is 6.92 Å². The van der Waals surface area contributed by atoms with Crippen molar-refractivity contribution in [1.82, 2.24) is 4.57 Å². The van der Waals surface area contributed by atoms with E-state index in [-0.39, 0.29) is 17.3 Å². The van der Waals surface area contributed by atoms with Gasteiger partial charge in [0.25, 0.3) is 5.56 Å². The molecular formula is C15H21NO2. The monoisotopic (exact) mass is 247 g/mol. The molecule has 0 radical (unpaired) electrons. The van der Waals surface area contributed by atoms with Crippen LogP contribution < -0.4 is 5.56 Å². The summed E-state index contributed by atoms with van der Waals surface area (Å²) < 4.78 is 8.05. The minimum atomic E-state index is 0.119. The summed E-state index contributed by atoms with van der Waals surface area (Å²) in [5.74, 6) is 0. The Morgan fingerprint density at radius 2 is 2.17 bits per heavy atom. The summed E-state index contributed by atoms with van der Waals surface area (Å²) in [6.07, 6.45) is 9.41. The maximum absolute atomic E-state index is 12.0. The number of ether oxygens (including phenoxy) is 1. The zero-order valence-electron chi connectivity index (χ0n) is 11.0. The zero-order chi connectivity index (χ0) is 12.6. The third kappa shape index (κ3) is 2.12. The van der Waals surface area contributed by atoms with E-state index in [0.29, 0.717) is 6.54 Å². The molecule has 1 spiro atoms. The van der Waals surface area contributed by atoms with Gasteiger partial charge in [-0.3, -0.25) is 4.79 Å². The molecule has 0 bridgehead atoms. The predicted molar refractivity (Wildman–Crippen MR) is 70.7 cm³/mol. The van der Waals surface area contributed by atoms with Crippen molar-refractivity contribution >= 4 is 0 Å². The molecule has 1 aliphatic heterocycles. The van der Waals surface area contributed by atoms with E-state index in [9.17, 15) is 4.79 Å². The van der Waals surface area contributed by atoms with Crippen LogP contribution >= 0.6 is 0 Å². The van der Waals surface area contributed by atoms with Crippen LogP contribution in [0.3, 0.4) is 0 Å². The van der Waals surface area contributed by atoms with Gasteiger partial charge in [0.05, 0.1) is 18.2 Å². The van der Waals surface area contributed by atoms with Crippen molar-refractivity contribution in [1.29, 1.82) is 0 Å². The molecule has 1 aromatic rings. The average molecular weight is 247 g/mol. The first-order valence-electron chi connectivity index (χ1n) is 7.02. The number of hydrogen-bond acceptors (Lipinski definition) is 2. The molecule has 3 heteroatoms. The van der Waals surface area contributed by atoms with Gasteiger partial charge in [0, 0.05) is 11.8 Å². The van der Waals surface area contributed by atoms with Gasteiger partial charge in [0.1, 0.15) is 0 Å². The van der Waals surface area contributed by atoms with Crippen LogP contribution in [0.2, 0.25) is 0 Å². The van der Waals surface area contributed by atoms with Crippen LogP contribution in [-0.4, -0.2) is 16.3 Å². The molecule has 98 valence electrons. The molecule has 1 saturated heterocycles. The highest BCUT2D eigenvalue weighted by Gasteiger charge is 2.42. The molecule has 0 amide bonds. The lowest BCUT2D eigenvalue weighted by Gasteiger charge is -2.24. The smallest absolute Gasteiger partial charge is 0.253 e. The number of nitrogens with zero attached hydrogens (tertiary/aromatic N) is 1. The molecular weight excluding hydrogens is 226 g/mol. The highest BCUT2D eigenvalue weighted by atomic mass is 16.5. The summed E-state index contributed by atoms with van der Waals surface area (Å²) in [4.78, 5) is 12.0. The van der Waals surface area contributed by atoms with E-state index in [1.54, 1.807) is 4.57 Å². The summed E-state index contributed by atoms with van der Waals surface area (Å²) >= 11 is 0. The molecule has 18 heavy (non-hydrogen) atoms. The summed E-state index contributed by atoms with van der Waals surface area (Å²) in [6.45, 7) is 2.58. The van der Waals surface area contributed by atoms with Crippen LogP contribution in [-0.2, 0) is 11.3 Å². The Bertz CT molecular complexity index is 486. The number of pyridine rings is 1. The van der Waals surface area contributed by atoms with Crippen molar-refractivity contribution in [3.05, 3.63) is 34.2 Å². The molecule has 3 rings (SSSR count). The lowest BCUT2D eigenvalue weighted by molar-refractivity contribution is -0.0421. The number of aromatic nitrogens is 1. The van der Waals surface area contributed by atoms with E-state index < -0.39 is 0 Å². The molecule has 0 N–H and O–H groups in total. The molecule has 1 aliphatic carbocycles. The minimum absolute atomic E-state index is 0.119. The zero-order valence-corrected chi connectivity index (χ0v) is 11.0. The molecule has 1 saturated carbocycles. The van der Waals surface area contributed by atoms with Gasteiger partial charge in [-0.1, -0.05) is 18.9 Å². The molecule has 1 aromatic heterocycles. The van der Waals surface area contributed by atoms with Crippen LogP contribution in [0.15, 0.2) is 23.1 Å². The van der Waals surface area contributed by atoms with Crippen LogP contribution in [0.1, 0.15) is 44.1 Å². The normalized spacial score (nSPS) is 25.9. The summed E-state index contributed by atoms with van der Waals surface area (Å²) in [5, 5.41) is 0. The Morgan fingerprint density at radius 3 is 2.94 bits per heavy atom. The van der Waals surface area contributed by atoms with Gasteiger partial charge in [-0.05, 0) is 38.7 Å². The first-order chi connectivity index (χ1) is 8.69. The fourth-order valence-corrected chi connectivity index (χ4v) is 3.43. The Hall–Kier alpha value is -1.09. The molecule has 1 atom stereocenters. The Morgan fingerprint density at radius 1 is 1.39 bits per heavy atom. The van der Waals surface area contributed by atoms with Crippen molar-refractivity contribution in [3.63, 3.8) is 0 Å². The Kier molecular flexibility index (Phi) is 3.02. The fourth-order valence-electron chi connectivity index (χ4n) is 3.43. The van der Waals surface area contributed by atoms with Gasteiger partial charge >= 0.3 is 0 Å². The van der Waals surface area contributed by atoms with Crippen LogP contribution in [0.5, 0.6) is 0 Å². The van der Waals surface area contributed by atoms with E-state index in [2.05, 4.69) is 0 Å². The number of aryl methyl sites for hydroxylation is 1. The number of rotatable bonds is 2. The third-order valence-corrected chi connectivity index (χ3v) is 4.46. The van der Waals surface area contributed by atoms with Gasteiger partial charge in [-0.15, -0.1) is 0 Å². The highest BCUT2D eigenvalue weighted by Crippen LogP contribution is 2.43. The maximum Gasteiger partial charge on any atom is 0.253 e. The Balaban J connectivity index is 1.71. The third-order valence-electron chi connectivity index (χ3n) is 4.46. The lowest BCUT2D eigenvalue weighted by atomic mass is 9.98. The van der Waals surface area contributed by atoms with Crippen molar-refractivity contribution in [2.24, 2.45) is 0 Å². The SMILES string of the molecule is Cc1cccn(CC2CCC3(CCCC3)O2)c1=O. The van der Waals surface area contributed by atoms with Crippen molar-refractivity contribution < 1.29 is 4.74 Å². The van der Waals surface area contributed by atoms with E-state index in [1.165, 1.54) is 32.1 Å². The second kappa shape index (κ2) is 4.54. The van der Waals surface area contributed by atoms with E-state index in [1.807, 2.05) is 25.3 Å². The van der Waals surface area contributed by atoms with E-state index in [4.69, 9.17) is 4.74 Å². The summed E-state index contributed by atoms with van der Waals surface area (Å²) in [6, 6.07) is 3.81. The van der Waals surface area contributed by atoms with Crippen LogP contribution in [0.4, 0.5) is 0 Å². The van der Waals surface area contributed by atoms with Gasteiger partial charge in [-0.2, -0.15) is 0 Å². The second-order valence-corrected chi connectivity index (χ2v) is 5.82. The molecule has 2 fully saturated rings. The molecule has 2 aliphatic rings. The molecule has 2 heterocycles. The van der Waals surface area contributed by atoms with E-state index in [0.717, 1.165) is 12.0 Å². The minimum Gasteiger partial charge on any atom is -0.370 e. The second-order valence-electron chi connectivity index (χ2n) is 5.82. The predicted octanol–water partition coefficient (Wildman–Crippen LogP) is 2.65. The molecule has 1 unspecified atom stereocenters. The summed E-state index contributed by atoms with van der Waals surface area (Å²) in [5.41, 5.74) is 1.09. The van der Waals surface area contributed by atoms with Crippen molar-refractivity contribution in [2.45, 2.75) is 63.7 Å². The fraction of sp³-hybridized carbons (Fsp3) is 0.667. The standard InChI is InChI=1S/C15H21NO2/c1-12-5-4-10-16(14(12)17)11-13-6-9-15(18-13)7-2-3-8-15/h4-5,10,13H,2-3,6-9,11H2,1H3. The average Bonchev–Trinajstić information content (AvgIpc) is 2.97. The molecule has 0 aromatic carbocycles. The first kappa shape index (κ1) is 12.0. The largest absolute Gasteiger partial charge is 0.370 e. The maximum atomic E-state index is 12.0. The quantitative estimate of drug-likeness (QED) is 0.804. The van der Waals surface area contributed by atoms with Gasteiger partial charge in [0.2, 0.25) is 0 Å². The highest BCUT2D eigenvalue weighted by molar-refractivity contribution is 5.07. The van der Waals surface area contributed by atoms with Gasteiger partial charge in [0.15, 0.2) is 0 Å².